The van der Waals surface area contributed by atoms with E-state index >= 15 is 0 Å². The minimum absolute atomic E-state index is 0.148. The average Bonchev–Trinajstić information content (AvgIpc) is 2.76. The number of ether oxygens (including phenoxy) is 1. The summed E-state index contributed by atoms with van der Waals surface area (Å²) in [5.74, 6) is 1.13. The molecule has 166 valence electrons. The Labute approximate surface area is 193 Å². The number of nitrogens with zero attached hydrogens (tertiary/aromatic N) is 1. The van der Waals surface area contributed by atoms with Gasteiger partial charge in [-0.3, -0.25) is 0 Å². The first kappa shape index (κ1) is 21.2. The molecule has 0 N–H and O–H groups in total. The van der Waals surface area contributed by atoms with Crippen LogP contribution in [0.1, 0.15) is 69.1 Å². The summed E-state index contributed by atoms with van der Waals surface area (Å²) in [6.07, 6.45) is 10.00. The van der Waals surface area contributed by atoms with E-state index in [1.54, 1.807) is 0 Å². The van der Waals surface area contributed by atoms with Gasteiger partial charge in [-0.15, -0.1) is 0 Å². The lowest BCUT2D eigenvalue weighted by Gasteiger charge is -2.48. The summed E-state index contributed by atoms with van der Waals surface area (Å²) in [7, 11) is 2.17. The number of fused-ring (bicyclic) bond motifs is 2. The zero-order valence-corrected chi connectivity index (χ0v) is 20.3. The smallest absolute Gasteiger partial charge is 0.216 e. The predicted octanol–water partition coefficient (Wildman–Crippen LogP) is 7.22. The molecule has 1 aliphatic heterocycles. The molecule has 0 bridgehead atoms. The number of rotatable bonds is 2. The van der Waals surface area contributed by atoms with Crippen molar-refractivity contribution in [3.63, 3.8) is 0 Å². The SMILES string of the molecule is Cc1cc(-c2c(C)ccc3c2OC(C)(C)CC32CCCCC2)[n+](C)cc1-c1ccccc1. The third-order valence-corrected chi connectivity index (χ3v) is 7.71. The first-order chi connectivity index (χ1) is 15.3. The highest BCUT2D eigenvalue weighted by Crippen LogP contribution is 2.55. The van der Waals surface area contributed by atoms with Crippen LogP contribution in [0.15, 0.2) is 54.7 Å². The van der Waals surface area contributed by atoms with Gasteiger partial charge in [0.25, 0.3) is 0 Å². The van der Waals surface area contributed by atoms with Gasteiger partial charge in [0, 0.05) is 22.6 Å². The highest BCUT2D eigenvalue weighted by atomic mass is 16.5. The second-order valence-corrected chi connectivity index (χ2v) is 10.7. The lowest BCUT2D eigenvalue weighted by Crippen LogP contribution is -2.45. The fourth-order valence-electron chi connectivity index (χ4n) is 6.34. The van der Waals surface area contributed by atoms with Crippen LogP contribution >= 0.6 is 0 Å². The van der Waals surface area contributed by atoms with Crippen LogP contribution in [-0.4, -0.2) is 5.60 Å². The molecule has 1 aliphatic carbocycles. The molecule has 0 atom stereocenters. The third kappa shape index (κ3) is 3.54. The van der Waals surface area contributed by atoms with Gasteiger partial charge in [-0.2, -0.15) is 0 Å². The second-order valence-electron chi connectivity index (χ2n) is 10.7. The Hall–Kier alpha value is -2.61. The van der Waals surface area contributed by atoms with E-state index in [0.717, 1.165) is 12.2 Å². The van der Waals surface area contributed by atoms with Crippen LogP contribution in [0.2, 0.25) is 0 Å². The van der Waals surface area contributed by atoms with Crippen LogP contribution in [-0.2, 0) is 12.5 Å². The molecule has 2 heteroatoms. The van der Waals surface area contributed by atoms with E-state index in [0.29, 0.717) is 0 Å². The Bertz CT molecular complexity index is 1150. The Morgan fingerprint density at radius 1 is 0.875 bits per heavy atom. The van der Waals surface area contributed by atoms with Crippen LogP contribution in [0.5, 0.6) is 5.75 Å². The van der Waals surface area contributed by atoms with Crippen LogP contribution in [0, 0.1) is 13.8 Å². The fourth-order valence-corrected chi connectivity index (χ4v) is 6.34. The minimum atomic E-state index is -0.148. The zero-order valence-electron chi connectivity index (χ0n) is 20.3. The number of benzene rings is 2. The van der Waals surface area contributed by atoms with Gasteiger partial charge in [-0.25, -0.2) is 4.57 Å². The molecule has 5 rings (SSSR count). The summed E-state index contributed by atoms with van der Waals surface area (Å²) < 4.78 is 9.10. The molecule has 2 heterocycles. The third-order valence-electron chi connectivity index (χ3n) is 7.71. The van der Waals surface area contributed by atoms with Crippen LogP contribution in [0.3, 0.4) is 0 Å². The van der Waals surface area contributed by atoms with Gasteiger partial charge in [0.1, 0.15) is 18.4 Å². The van der Waals surface area contributed by atoms with Crippen molar-refractivity contribution in [3.05, 3.63) is 71.4 Å². The van der Waals surface area contributed by atoms with Crippen LogP contribution < -0.4 is 9.30 Å². The summed E-state index contributed by atoms with van der Waals surface area (Å²) >= 11 is 0. The van der Waals surface area contributed by atoms with E-state index in [4.69, 9.17) is 4.74 Å². The topological polar surface area (TPSA) is 13.1 Å². The molecule has 1 saturated carbocycles. The normalized spacial score (nSPS) is 18.8. The molecule has 2 nitrogen and oxygen atoms in total. The van der Waals surface area contributed by atoms with Crippen LogP contribution in [0.25, 0.3) is 22.4 Å². The number of hydrogen-bond acceptors (Lipinski definition) is 1. The van der Waals surface area contributed by atoms with Crippen molar-refractivity contribution >= 4 is 0 Å². The molecular weight excluding hydrogens is 390 g/mol. The Kier molecular flexibility index (Phi) is 5.15. The van der Waals surface area contributed by atoms with E-state index in [-0.39, 0.29) is 11.0 Å². The van der Waals surface area contributed by atoms with Crippen molar-refractivity contribution in [2.45, 2.75) is 77.2 Å². The van der Waals surface area contributed by atoms with Crippen molar-refractivity contribution in [2.75, 3.05) is 0 Å². The molecule has 0 unspecified atom stereocenters. The first-order valence-electron chi connectivity index (χ1n) is 12.2. The number of hydrogen-bond donors (Lipinski definition) is 0. The minimum Gasteiger partial charge on any atom is -0.487 e. The predicted molar refractivity (Wildman–Crippen MR) is 132 cm³/mol. The Morgan fingerprint density at radius 3 is 2.31 bits per heavy atom. The summed E-state index contributed by atoms with van der Waals surface area (Å²) in [5.41, 5.74) is 9.19. The van der Waals surface area contributed by atoms with E-state index in [1.807, 2.05) is 0 Å². The zero-order chi connectivity index (χ0) is 22.5. The van der Waals surface area contributed by atoms with Crippen LogP contribution in [0.4, 0.5) is 0 Å². The maximum atomic E-state index is 6.81. The number of aryl methyl sites for hydroxylation is 3. The fraction of sp³-hybridized carbons (Fsp3) is 0.433. The van der Waals surface area contributed by atoms with Crippen molar-refractivity contribution in [2.24, 2.45) is 7.05 Å². The van der Waals surface area contributed by atoms with E-state index < -0.39 is 0 Å². The molecule has 1 aromatic heterocycles. The average molecular weight is 427 g/mol. The quantitative estimate of drug-likeness (QED) is 0.394. The molecule has 2 aromatic carbocycles. The van der Waals surface area contributed by atoms with Gasteiger partial charge in [0.2, 0.25) is 5.69 Å². The number of aromatic nitrogens is 1. The highest BCUT2D eigenvalue weighted by Gasteiger charge is 2.47. The van der Waals surface area contributed by atoms with Gasteiger partial charge >= 0.3 is 0 Å². The second kappa shape index (κ2) is 7.76. The molecule has 0 saturated heterocycles. The van der Waals surface area contributed by atoms with Gasteiger partial charge in [-0.05, 0) is 63.6 Å². The standard InChI is InChI=1S/C30H36NO/c1-21-14-15-25-28(32-29(3,4)20-30(25)16-10-7-11-17-30)27(21)26-18-22(2)24(19-31(26)5)23-12-8-6-9-13-23/h6,8-9,12-15,18-19H,7,10-11,16-17,20H2,1-5H3/q+1. The largest absolute Gasteiger partial charge is 0.487 e. The molecule has 3 aromatic rings. The molecule has 1 spiro atoms. The molecule has 2 aliphatic rings. The van der Waals surface area contributed by atoms with Crippen molar-refractivity contribution in [3.8, 4) is 28.1 Å². The van der Waals surface area contributed by atoms with Crippen molar-refractivity contribution in [1.29, 1.82) is 0 Å². The number of pyridine rings is 1. The molecule has 0 amide bonds. The van der Waals surface area contributed by atoms with Crippen molar-refractivity contribution < 1.29 is 9.30 Å². The Balaban J connectivity index is 1.71. The molecule has 1 fully saturated rings. The van der Waals surface area contributed by atoms with Gasteiger partial charge in [0.05, 0.1) is 5.56 Å². The first-order valence-corrected chi connectivity index (χ1v) is 12.2. The van der Waals surface area contributed by atoms with Gasteiger partial charge < -0.3 is 4.74 Å². The van der Waals surface area contributed by atoms with Gasteiger partial charge in [-0.1, -0.05) is 61.7 Å². The summed E-state index contributed by atoms with van der Waals surface area (Å²) in [4.78, 5) is 0. The van der Waals surface area contributed by atoms with E-state index in [1.165, 1.54) is 71.2 Å². The van der Waals surface area contributed by atoms with Crippen molar-refractivity contribution in [1.82, 2.24) is 0 Å². The summed E-state index contributed by atoms with van der Waals surface area (Å²) in [5, 5.41) is 0. The maximum absolute atomic E-state index is 6.81. The Morgan fingerprint density at radius 2 is 1.59 bits per heavy atom. The summed E-state index contributed by atoms with van der Waals surface area (Å²) in [6.45, 7) is 9.02. The monoisotopic (exact) mass is 426 g/mol. The maximum Gasteiger partial charge on any atom is 0.216 e. The molecule has 32 heavy (non-hydrogen) atoms. The summed E-state index contributed by atoms with van der Waals surface area (Å²) in [6, 6.07) is 17.7. The molecule has 0 radical (unpaired) electrons. The van der Waals surface area contributed by atoms with E-state index in [2.05, 4.69) is 94.0 Å². The lowest BCUT2D eigenvalue weighted by molar-refractivity contribution is -0.660. The molecular formula is C30H36NO+. The van der Waals surface area contributed by atoms with Gasteiger partial charge in [0.15, 0.2) is 6.20 Å². The highest BCUT2D eigenvalue weighted by molar-refractivity contribution is 5.75. The van der Waals surface area contributed by atoms with E-state index in [9.17, 15) is 0 Å². The lowest BCUT2D eigenvalue weighted by atomic mass is 9.62.